The van der Waals surface area contributed by atoms with Gasteiger partial charge in [0.15, 0.2) is 0 Å². The topological polar surface area (TPSA) is 47.3 Å². The van der Waals surface area contributed by atoms with Crippen LogP contribution < -0.4 is 15.8 Å². The number of ether oxygens (including phenoxy) is 1. The molecule has 0 amide bonds. The molecule has 19 heavy (non-hydrogen) atoms. The third kappa shape index (κ3) is 6.60. The molecular weight excluding hydrogens is 236 g/mol. The summed E-state index contributed by atoms with van der Waals surface area (Å²) in [5.74, 6) is 0.933. The molecule has 0 saturated heterocycles. The van der Waals surface area contributed by atoms with E-state index in [1.165, 1.54) is 5.56 Å². The van der Waals surface area contributed by atoms with E-state index in [9.17, 15) is 0 Å². The average Bonchev–Trinajstić information content (AvgIpc) is 2.36. The van der Waals surface area contributed by atoms with Crippen LogP contribution in [0.4, 0.5) is 0 Å². The van der Waals surface area contributed by atoms with Gasteiger partial charge in [0.05, 0.1) is 6.10 Å². The highest BCUT2D eigenvalue weighted by atomic mass is 16.5. The molecule has 0 bridgehead atoms. The monoisotopic (exact) mass is 264 g/mol. The molecule has 0 heterocycles. The van der Waals surface area contributed by atoms with Crippen LogP contribution in [0.1, 0.15) is 39.7 Å². The zero-order valence-electron chi connectivity index (χ0n) is 12.7. The summed E-state index contributed by atoms with van der Waals surface area (Å²) in [5.41, 5.74) is 7.22. The molecule has 1 aromatic carbocycles. The number of nitrogens with two attached hydrogens (primary N) is 1. The van der Waals surface area contributed by atoms with Crippen molar-refractivity contribution in [1.82, 2.24) is 5.32 Å². The lowest BCUT2D eigenvalue weighted by Crippen LogP contribution is -2.28. The highest BCUT2D eigenvalue weighted by Gasteiger charge is 2.14. The van der Waals surface area contributed by atoms with Crippen LogP contribution >= 0.6 is 0 Å². The normalized spacial score (nSPS) is 11.9. The van der Waals surface area contributed by atoms with Crippen molar-refractivity contribution in [2.24, 2.45) is 11.1 Å². The van der Waals surface area contributed by atoms with Crippen molar-refractivity contribution in [2.75, 3.05) is 13.1 Å². The van der Waals surface area contributed by atoms with Gasteiger partial charge in [0, 0.05) is 6.54 Å². The average molecular weight is 264 g/mol. The SMILES string of the molecule is CC(C)Oc1ccc(CNCCC(C)(C)CN)cc1. The first-order chi connectivity index (χ1) is 8.93. The van der Waals surface area contributed by atoms with Crippen molar-refractivity contribution < 1.29 is 4.74 Å². The third-order valence-corrected chi connectivity index (χ3v) is 3.16. The lowest BCUT2D eigenvalue weighted by molar-refractivity contribution is 0.242. The number of nitrogens with one attached hydrogen (secondary N) is 1. The molecule has 0 fully saturated rings. The summed E-state index contributed by atoms with van der Waals surface area (Å²) < 4.78 is 5.62. The highest BCUT2D eigenvalue weighted by Crippen LogP contribution is 2.17. The van der Waals surface area contributed by atoms with Crippen LogP contribution in [-0.4, -0.2) is 19.2 Å². The molecule has 0 aliphatic carbocycles. The number of hydrogen-bond acceptors (Lipinski definition) is 3. The van der Waals surface area contributed by atoms with Crippen molar-refractivity contribution in [2.45, 2.75) is 46.8 Å². The van der Waals surface area contributed by atoms with Gasteiger partial charge < -0.3 is 15.8 Å². The Morgan fingerprint density at radius 1 is 1.21 bits per heavy atom. The van der Waals surface area contributed by atoms with Crippen LogP contribution in [0.3, 0.4) is 0 Å². The fourth-order valence-corrected chi connectivity index (χ4v) is 1.72. The maximum Gasteiger partial charge on any atom is 0.119 e. The Hall–Kier alpha value is -1.06. The van der Waals surface area contributed by atoms with Crippen LogP contribution in [0.5, 0.6) is 5.75 Å². The summed E-state index contributed by atoms with van der Waals surface area (Å²) in [4.78, 5) is 0. The van der Waals surface area contributed by atoms with Crippen molar-refractivity contribution in [1.29, 1.82) is 0 Å². The summed E-state index contributed by atoms with van der Waals surface area (Å²) in [5, 5.41) is 3.46. The summed E-state index contributed by atoms with van der Waals surface area (Å²) in [6.45, 7) is 11.1. The minimum absolute atomic E-state index is 0.224. The van der Waals surface area contributed by atoms with Gasteiger partial charge in [0.1, 0.15) is 5.75 Å². The fraction of sp³-hybridized carbons (Fsp3) is 0.625. The zero-order valence-corrected chi connectivity index (χ0v) is 12.7. The Labute approximate surface area is 117 Å². The summed E-state index contributed by atoms with van der Waals surface area (Å²) >= 11 is 0. The lowest BCUT2D eigenvalue weighted by atomic mass is 9.90. The van der Waals surface area contributed by atoms with Crippen LogP contribution in [-0.2, 0) is 6.54 Å². The van der Waals surface area contributed by atoms with Gasteiger partial charge in [0.2, 0.25) is 0 Å². The van der Waals surface area contributed by atoms with Crippen LogP contribution in [0, 0.1) is 5.41 Å². The third-order valence-electron chi connectivity index (χ3n) is 3.16. The van der Waals surface area contributed by atoms with Gasteiger partial charge in [-0.3, -0.25) is 0 Å². The molecule has 0 radical (unpaired) electrons. The molecule has 3 nitrogen and oxygen atoms in total. The van der Waals surface area contributed by atoms with E-state index in [-0.39, 0.29) is 11.5 Å². The number of rotatable bonds is 8. The first kappa shape index (κ1) is 16.0. The minimum Gasteiger partial charge on any atom is -0.491 e. The molecular formula is C16H28N2O. The Bertz CT molecular complexity index is 358. The molecule has 3 heteroatoms. The second-order valence-electron chi connectivity index (χ2n) is 6.11. The van der Waals surface area contributed by atoms with Gasteiger partial charge in [-0.1, -0.05) is 26.0 Å². The Morgan fingerprint density at radius 2 is 1.84 bits per heavy atom. The van der Waals surface area contributed by atoms with E-state index in [1.54, 1.807) is 0 Å². The molecule has 0 unspecified atom stereocenters. The van der Waals surface area contributed by atoms with Crippen molar-refractivity contribution in [3.05, 3.63) is 29.8 Å². The van der Waals surface area contributed by atoms with Gasteiger partial charge in [-0.15, -0.1) is 0 Å². The molecule has 0 saturated carbocycles. The van der Waals surface area contributed by atoms with Crippen molar-refractivity contribution in [3.63, 3.8) is 0 Å². The molecule has 0 aliphatic heterocycles. The zero-order chi connectivity index (χ0) is 14.3. The van der Waals surface area contributed by atoms with Crippen molar-refractivity contribution >= 4 is 0 Å². The van der Waals surface area contributed by atoms with E-state index in [0.717, 1.165) is 31.8 Å². The molecule has 0 spiro atoms. The second-order valence-corrected chi connectivity index (χ2v) is 6.11. The molecule has 3 N–H and O–H groups in total. The lowest BCUT2D eigenvalue weighted by Gasteiger charge is -2.22. The molecule has 1 aromatic rings. The number of benzene rings is 1. The maximum absolute atomic E-state index is 5.71. The van der Waals surface area contributed by atoms with Crippen LogP contribution in [0.2, 0.25) is 0 Å². The predicted octanol–water partition coefficient (Wildman–Crippen LogP) is 2.94. The van der Waals surface area contributed by atoms with Crippen LogP contribution in [0.25, 0.3) is 0 Å². The van der Waals surface area contributed by atoms with E-state index < -0.39 is 0 Å². The van der Waals surface area contributed by atoms with Crippen LogP contribution in [0.15, 0.2) is 24.3 Å². The minimum atomic E-state index is 0.224. The first-order valence-corrected chi connectivity index (χ1v) is 7.09. The second kappa shape index (κ2) is 7.51. The highest BCUT2D eigenvalue weighted by molar-refractivity contribution is 5.27. The van der Waals surface area contributed by atoms with E-state index >= 15 is 0 Å². The van der Waals surface area contributed by atoms with E-state index in [2.05, 4.69) is 31.3 Å². The molecule has 0 atom stereocenters. The summed E-state index contributed by atoms with van der Waals surface area (Å²) in [6, 6.07) is 8.28. The van der Waals surface area contributed by atoms with Crippen molar-refractivity contribution in [3.8, 4) is 5.75 Å². The van der Waals surface area contributed by atoms with Gasteiger partial charge in [-0.2, -0.15) is 0 Å². The maximum atomic E-state index is 5.71. The standard InChI is InChI=1S/C16H28N2O/c1-13(2)19-15-7-5-14(6-8-15)11-18-10-9-16(3,4)12-17/h5-8,13,18H,9-12,17H2,1-4H3. The Morgan fingerprint density at radius 3 is 2.37 bits per heavy atom. The Balaban J connectivity index is 2.30. The van der Waals surface area contributed by atoms with E-state index in [1.807, 2.05) is 26.0 Å². The van der Waals surface area contributed by atoms with E-state index in [0.29, 0.717) is 0 Å². The summed E-state index contributed by atoms with van der Waals surface area (Å²) in [6.07, 6.45) is 1.32. The first-order valence-electron chi connectivity index (χ1n) is 7.09. The Kier molecular flexibility index (Phi) is 6.32. The molecule has 0 aliphatic rings. The van der Waals surface area contributed by atoms with E-state index in [4.69, 9.17) is 10.5 Å². The smallest absolute Gasteiger partial charge is 0.119 e. The summed E-state index contributed by atoms with van der Waals surface area (Å²) in [7, 11) is 0. The van der Waals surface area contributed by atoms with Gasteiger partial charge >= 0.3 is 0 Å². The predicted molar refractivity (Wildman–Crippen MR) is 81.4 cm³/mol. The fourth-order valence-electron chi connectivity index (χ4n) is 1.72. The van der Waals surface area contributed by atoms with Gasteiger partial charge in [-0.25, -0.2) is 0 Å². The largest absolute Gasteiger partial charge is 0.491 e. The molecule has 1 rings (SSSR count). The molecule has 108 valence electrons. The quantitative estimate of drug-likeness (QED) is 0.710. The van der Waals surface area contributed by atoms with Gasteiger partial charge in [-0.05, 0) is 56.5 Å². The number of hydrogen-bond donors (Lipinski definition) is 2. The molecule has 0 aromatic heterocycles. The van der Waals surface area contributed by atoms with Gasteiger partial charge in [0.25, 0.3) is 0 Å².